The van der Waals surface area contributed by atoms with Crippen LogP contribution in [0, 0.1) is 0 Å². The molecule has 4 aromatic carbocycles. The molecule has 6 aromatic rings. The number of hydrogen-bond acceptors (Lipinski definition) is 1. The molecule has 0 aliphatic heterocycles. The van der Waals surface area contributed by atoms with E-state index in [1.807, 2.05) is 11.3 Å². The zero-order valence-electron chi connectivity index (χ0n) is 12.7. The molecule has 2 heterocycles. The van der Waals surface area contributed by atoms with E-state index >= 15 is 0 Å². The minimum absolute atomic E-state index is 0.412. The molecule has 0 bridgehead atoms. The van der Waals surface area contributed by atoms with Crippen molar-refractivity contribution in [1.82, 2.24) is 0 Å². The van der Waals surface area contributed by atoms with E-state index < -0.39 is 0 Å². The summed E-state index contributed by atoms with van der Waals surface area (Å²) >= 11 is 2.38. The van der Waals surface area contributed by atoms with Crippen LogP contribution in [0.1, 0.15) is 0 Å². The summed E-state index contributed by atoms with van der Waals surface area (Å²) in [5, 5.41) is 8.34. The monoisotopic (exact) mass is 388 g/mol. The second kappa shape index (κ2) is 4.70. The summed E-state index contributed by atoms with van der Waals surface area (Å²) in [6, 6.07) is 27.0. The molecule has 0 saturated heterocycles. The van der Waals surface area contributed by atoms with E-state index in [2.05, 4.69) is 72.8 Å². The Hall–Kier alpha value is -2.12. The topological polar surface area (TPSA) is 0 Å². The molecule has 0 spiro atoms. The van der Waals surface area contributed by atoms with Gasteiger partial charge in [-0.05, 0) is 0 Å². The van der Waals surface area contributed by atoms with Crippen LogP contribution in [0.4, 0.5) is 0 Å². The third kappa shape index (κ3) is 1.74. The molecule has 2 aromatic heterocycles. The molecule has 0 amide bonds. The molecule has 0 unspecified atom stereocenters. The van der Waals surface area contributed by atoms with Crippen molar-refractivity contribution in [2.75, 3.05) is 0 Å². The maximum atomic E-state index is 2.41. The fourth-order valence-electron chi connectivity index (χ4n) is 3.63. The normalized spacial score (nSPS) is 12.2. The molecule has 0 N–H and O–H groups in total. The van der Waals surface area contributed by atoms with Crippen LogP contribution >= 0.6 is 11.3 Å². The van der Waals surface area contributed by atoms with Crippen molar-refractivity contribution in [3.8, 4) is 0 Å². The van der Waals surface area contributed by atoms with E-state index in [1.54, 1.807) is 4.26 Å². The predicted molar refractivity (Wildman–Crippen MR) is 109 cm³/mol. The van der Waals surface area contributed by atoms with Gasteiger partial charge in [-0.2, -0.15) is 0 Å². The fourth-order valence-corrected chi connectivity index (χ4v) is 7.99. The maximum absolute atomic E-state index is 2.41. The molecule has 0 saturated carbocycles. The van der Waals surface area contributed by atoms with Crippen molar-refractivity contribution >= 4 is 76.1 Å². The van der Waals surface area contributed by atoms with Crippen molar-refractivity contribution in [3.63, 3.8) is 0 Å². The molecular weight excluding hydrogens is 375 g/mol. The SMILES string of the molecule is c1ccc2cc3c(cc2c1)sc1c2cc4ccccc4cc2[se]c31. The van der Waals surface area contributed by atoms with E-state index in [4.69, 9.17) is 0 Å². The van der Waals surface area contributed by atoms with Crippen LogP contribution in [-0.4, -0.2) is 14.5 Å². The van der Waals surface area contributed by atoms with Gasteiger partial charge in [0.2, 0.25) is 0 Å². The third-order valence-corrected chi connectivity index (χ3v) is 8.78. The Bertz CT molecular complexity index is 1290. The summed E-state index contributed by atoms with van der Waals surface area (Å²) in [4.78, 5) is 0. The molecular formula is C22H12SSe. The molecule has 0 aliphatic carbocycles. The van der Waals surface area contributed by atoms with Gasteiger partial charge < -0.3 is 0 Å². The Kier molecular flexibility index (Phi) is 2.59. The van der Waals surface area contributed by atoms with Crippen molar-refractivity contribution in [1.29, 1.82) is 0 Å². The van der Waals surface area contributed by atoms with E-state index in [-0.39, 0.29) is 0 Å². The summed E-state index contributed by atoms with van der Waals surface area (Å²) in [6.07, 6.45) is 0. The van der Waals surface area contributed by atoms with Crippen molar-refractivity contribution in [2.24, 2.45) is 0 Å². The van der Waals surface area contributed by atoms with Crippen LogP contribution in [0.25, 0.3) is 50.2 Å². The van der Waals surface area contributed by atoms with Crippen LogP contribution in [0.15, 0.2) is 72.8 Å². The van der Waals surface area contributed by atoms with E-state index in [9.17, 15) is 0 Å². The Balaban J connectivity index is 1.81. The molecule has 0 radical (unpaired) electrons. The Labute approximate surface area is 148 Å². The quantitative estimate of drug-likeness (QED) is 0.259. The number of benzene rings is 4. The van der Waals surface area contributed by atoms with Crippen LogP contribution < -0.4 is 0 Å². The third-order valence-electron chi connectivity index (χ3n) is 4.82. The molecule has 0 fully saturated rings. The number of rotatable bonds is 0. The molecule has 2 heteroatoms. The van der Waals surface area contributed by atoms with Gasteiger partial charge in [-0.1, -0.05) is 0 Å². The zero-order valence-corrected chi connectivity index (χ0v) is 15.3. The predicted octanol–water partition coefficient (Wildman–Crippen LogP) is 6.57. The van der Waals surface area contributed by atoms with Gasteiger partial charge in [0.25, 0.3) is 0 Å². The van der Waals surface area contributed by atoms with Gasteiger partial charge in [-0.15, -0.1) is 0 Å². The van der Waals surface area contributed by atoms with Gasteiger partial charge in [-0.3, -0.25) is 0 Å². The zero-order chi connectivity index (χ0) is 15.7. The Morgan fingerprint density at radius 2 is 1.21 bits per heavy atom. The van der Waals surface area contributed by atoms with E-state index in [1.165, 1.54) is 46.0 Å². The minimum atomic E-state index is 0.412. The molecule has 112 valence electrons. The first-order valence-electron chi connectivity index (χ1n) is 8.03. The number of thiophene rings is 1. The van der Waals surface area contributed by atoms with Crippen LogP contribution in [0.3, 0.4) is 0 Å². The van der Waals surface area contributed by atoms with Gasteiger partial charge in [0.05, 0.1) is 0 Å². The van der Waals surface area contributed by atoms with Crippen LogP contribution in [0.2, 0.25) is 0 Å². The molecule has 0 atom stereocenters. The van der Waals surface area contributed by atoms with Crippen molar-refractivity contribution in [3.05, 3.63) is 72.8 Å². The average Bonchev–Trinajstić information content (AvgIpc) is 3.13. The first-order chi connectivity index (χ1) is 11.9. The molecule has 24 heavy (non-hydrogen) atoms. The standard InChI is InChI=1S/C22H12SSe/c1-3-7-15-11-19-17(9-13(15)5-1)22-21(23-19)18-10-14-6-2-4-8-16(14)12-20(18)24-22/h1-12H. The van der Waals surface area contributed by atoms with E-state index in [0.29, 0.717) is 14.5 Å². The number of fused-ring (bicyclic) bond motifs is 7. The summed E-state index contributed by atoms with van der Waals surface area (Å²) in [7, 11) is 0. The molecule has 6 rings (SSSR count). The second-order valence-corrected chi connectivity index (χ2v) is 9.51. The van der Waals surface area contributed by atoms with Gasteiger partial charge in [0.15, 0.2) is 0 Å². The molecule has 0 aliphatic rings. The summed E-state index contributed by atoms with van der Waals surface area (Å²) in [6.45, 7) is 0. The Morgan fingerprint density at radius 1 is 0.625 bits per heavy atom. The fraction of sp³-hybridized carbons (Fsp3) is 0. The Morgan fingerprint density at radius 3 is 1.92 bits per heavy atom. The van der Waals surface area contributed by atoms with E-state index in [0.717, 1.165) is 0 Å². The summed E-state index contributed by atoms with van der Waals surface area (Å²) in [5.41, 5.74) is 0. The van der Waals surface area contributed by atoms with Crippen molar-refractivity contribution < 1.29 is 0 Å². The van der Waals surface area contributed by atoms with Crippen LogP contribution in [0.5, 0.6) is 0 Å². The van der Waals surface area contributed by atoms with Crippen molar-refractivity contribution in [2.45, 2.75) is 0 Å². The first kappa shape index (κ1) is 13.2. The molecule has 0 nitrogen and oxygen atoms in total. The van der Waals surface area contributed by atoms with Gasteiger partial charge in [0.1, 0.15) is 0 Å². The van der Waals surface area contributed by atoms with Crippen LogP contribution in [-0.2, 0) is 0 Å². The van der Waals surface area contributed by atoms with Gasteiger partial charge >= 0.3 is 149 Å². The first-order valence-corrected chi connectivity index (χ1v) is 10.6. The van der Waals surface area contributed by atoms with Gasteiger partial charge in [0, 0.05) is 0 Å². The number of hydrogen-bond donors (Lipinski definition) is 0. The summed E-state index contributed by atoms with van der Waals surface area (Å²) in [5.74, 6) is 0. The summed E-state index contributed by atoms with van der Waals surface area (Å²) < 4.78 is 6.05. The second-order valence-electron chi connectivity index (χ2n) is 6.25. The average molecular weight is 387 g/mol. The van der Waals surface area contributed by atoms with Gasteiger partial charge in [-0.25, -0.2) is 0 Å².